The molecule has 0 bridgehead atoms. The van der Waals surface area contributed by atoms with Crippen molar-refractivity contribution < 1.29 is 9.47 Å². The van der Waals surface area contributed by atoms with Crippen LogP contribution in [0.4, 0.5) is 0 Å². The first-order valence-corrected chi connectivity index (χ1v) is 6.49. The van der Waals surface area contributed by atoms with Crippen LogP contribution in [0.15, 0.2) is 0 Å². The molecule has 0 fully saturated rings. The van der Waals surface area contributed by atoms with Gasteiger partial charge in [0, 0.05) is 19.1 Å². The maximum absolute atomic E-state index is 5.45. The molecule has 2 nitrogen and oxygen atoms in total. The lowest BCUT2D eigenvalue weighted by molar-refractivity contribution is -0.00208. The Hall–Kier alpha value is 0.210. The normalized spacial score (nSPS) is 11.3. The SMILES string of the molecule is C.CC(C)(C)OCCCCl.CCOC(C)(C)C. The summed E-state index contributed by atoms with van der Waals surface area (Å²) >= 11 is 5.45. The van der Waals surface area contributed by atoms with Crippen LogP contribution in [-0.4, -0.2) is 30.3 Å². The third kappa shape index (κ3) is 31.4. The lowest BCUT2D eigenvalue weighted by Crippen LogP contribution is -2.19. The highest BCUT2D eigenvalue weighted by molar-refractivity contribution is 6.17. The number of halogens is 1. The van der Waals surface area contributed by atoms with Crippen LogP contribution < -0.4 is 0 Å². The van der Waals surface area contributed by atoms with Gasteiger partial charge in [0.15, 0.2) is 0 Å². The van der Waals surface area contributed by atoms with E-state index in [1.54, 1.807) is 0 Å². The highest BCUT2D eigenvalue weighted by Crippen LogP contribution is 2.06. The van der Waals surface area contributed by atoms with Crippen molar-refractivity contribution in [2.24, 2.45) is 0 Å². The molecule has 0 radical (unpaired) electrons. The second-order valence-corrected chi connectivity index (χ2v) is 5.93. The van der Waals surface area contributed by atoms with E-state index < -0.39 is 0 Å². The summed E-state index contributed by atoms with van der Waals surface area (Å²) in [5.41, 5.74) is 0.0425. The Morgan fingerprint density at radius 2 is 1.29 bits per heavy atom. The number of hydrogen-bond acceptors (Lipinski definition) is 2. The highest BCUT2D eigenvalue weighted by Gasteiger charge is 2.08. The summed E-state index contributed by atoms with van der Waals surface area (Å²) in [5, 5.41) is 0. The number of alkyl halides is 1. The van der Waals surface area contributed by atoms with Gasteiger partial charge in [-0.25, -0.2) is 0 Å². The van der Waals surface area contributed by atoms with Gasteiger partial charge in [-0.05, 0) is 54.9 Å². The highest BCUT2D eigenvalue weighted by atomic mass is 35.5. The van der Waals surface area contributed by atoms with Crippen LogP contribution >= 0.6 is 11.6 Å². The van der Waals surface area contributed by atoms with Crippen molar-refractivity contribution in [1.82, 2.24) is 0 Å². The first-order chi connectivity index (χ1) is 7.12. The predicted molar refractivity (Wildman–Crippen MR) is 79.2 cm³/mol. The lowest BCUT2D eigenvalue weighted by atomic mass is 10.2. The van der Waals surface area contributed by atoms with E-state index in [9.17, 15) is 0 Å². The molecule has 0 atom stereocenters. The molecule has 0 aromatic heterocycles. The van der Waals surface area contributed by atoms with Crippen molar-refractivity contribution in [2.75, 3.05) is 19.1 Å². The van der Waals surface area contributed by atoms with E-state index in [2.05, 4.69) is 20.8 Å². The Kier molecular flexibility index (Phi) is 14.9. The van der Waals surface area contributed by atoms with Crippen LogP contribution in [0, 0.1) is 0 Å². The molecule has 0 saturated carbocycles. The average molecular weight is 269 g/mol. The van der Waals surface area contributed by atoms with Gasteiger partial charge in [0.2, 0.25) is 0 Å². The molecule has 0 aromatic rings. The molecule has 0 amide bonds. The van der Waals surface area contributed by atoms with Crippen molar-refractivity contribution >= 4 is 11.6 Å². The second-order valence-electron chi connectivity index (χ2n) is 5.55. The Morgan fingerprint density at radius 3 is 1.47 bits per heavy atom. The molecular formula is C14H33ClO2. The molecule has 0 aliphatic carbocycles. The zero-order valence-electron chi connectivity index (χ0n) is 12.0. The zero-order chi connectivity index (χ0) is 13.2. The summed E-state index contributed by atoms with van der Waals surface area (Å²) in [7, 11) is 0. The Labute approximate surface area is 114 Å². The summed E-state index contributed by atoms with van der Waals surface area (Å²) in [4.78, 5) is 0. The zero-order valence-corrected chi connectivity index (χ0v) is 12.8. The molecule has 0 spiro atoms. The molecular weight excluding hydrogens is 236 g/mol. The van der Waals surface area contributed by atoms with Crippen molar-refractivity contribution in [2.45, 2.75) is 73.5 Å². The summed E-state index contributed by atoms with van der Waals surface area (Å²) < 4.78 is 10.6. The minimum Gasteiger partial charge on any atom is -0.376 e. The van der Waals surface area contributed by atoms with Gasteiger partial charge in [-0.15, -0.1) is 11.6 Å². The number of hydrogen-bond donors (Lipinski definition) is 0. The van der Waals surface area contributed by atoms with E-state index in [1.165, 1.54) is 0 Å². The van der Waals surface area contributed by atoms with Gasteiger partial charge in [-0.1, -0.05) is 7.43 Å². The Morgan fingerprint density at radius 1 is 0.882 bits per heavy atom. The fourth-order valence-electron chi connectivity index (χ4n) is 0.866. The fourth-order valence-corrected chi connectivity index (χ4v) is 0.975. The minimum absolute atomic E-state index is 0. The van der Waals surface area contributed by atoms with E-state index in [1.807, 2.05) is 27.7 Å². The third-order valence-corrected chi connectivity index (χ3v) is 1.66. The van der Waals surface area contributed by atoms with Crippen LogP contribution in [-0.2, 0) is 9.47 Å². The molecule has 0 saturated heterocycles. The third-order valence-electron chi connectivity index (χ3n) is 1.39. The molecule has 0 aliphatic rings. The molecule has 3 heteroatoms. The van der Waals surface area contributed by atoms with Crippen LogP contribution in [0.2, 0.25) is 0 Å². The molecule has 0 rings (SSSR count). The average Bonchev–Trinajstić information content (AvgIpc) is 2.01. The first-order valence-electron chi connectivity index (χ1n) is 5.96. The van der Waals surface area contributed by atoms with Gasteiger partial charge in [-0.2, -0.15) is 0 Å². The maximum atomic E-state index is 5.45. The predicted octanol–water partition coefficient (Wildman–Crippen LogP) is 4.89. The summed E-state index contributed by atoms with van der Waals surface area (Å²) in [5.74, 6) is 0.691. The van der Waals surface area contributed by atoms with Crippen LogP contribution in [0.1, 0.15) is 62.3 Å². The van der Waals surface area contributed by atoms with Gasteiger partial charge < -0.3 is 9.47 Å². The van der Waals surface area contributed by atoms with Gasteiger partial charge in [0.1, 0.15) is 0 Å². The van der Waals surface area contributed by atoms with Crippen molar-refractivity contribution in [3.63, 3.8) is 0 Å². The van der Waals surface area contributed by atoms with Gasteiger partial charge in [0.05, 0.1) is 11.2 Å². The second kappa shape index (κ2) is 11.3. The van der Waals surface area contributed by atoms with Crippen LogP contribution in [0.5, 0.6) is 0 Å². The lowest BCUT2D eigenvalue weighted by Gasteiger charge is -2.18. The van der Waals surface area contributed by atoms with Crippen molar-refractivity contribution in [3.05, 3.63) is 0 Å². The summed E-state index contributed by atoms with van der Waals surface area (Å²) in [6.07, 6.45) is 0.943. The topological polar surface area (TPSA) is 18.5 Å². The van der Waals surface area contributed by atoms with Crippen molar-refractivity contribution in [1.29, 1.82) is 0 Å². The van der Waals surface area contributed by atoms with E-state index in [4.69, 9.17) is 21.1 Å². The van der Waals surface area contributed by atoms with Gasteiger partial charge in [0.25, 0.3) is 0 Å². The largest absolute Gasteiger partial charge is 0.376 e. The smallest absolute Gasteiger partial charge is 0.0598 e. The van der Waals surface area contributed by atoms with E-state index >= 15 is 0 Å². The quantitative estimate of drug-likeness (QED) is 0.534. The van der Waals surface area contributed by atoms with Crippen molar-refractivity contribution in [3.8, 4) is 0 Å². The standard InChI is InChI=1S/C7H15ClO.C6H14O.CH4/c1-7(2,3)9-6-4-5-8;1-5-7-6(2,3)4;/h4-6H2,1-3H3;5H2,1-4H3;1H4. The molecule has 108 valence electrons. The van der Waals surface area contributed by atoms with Gasteiger partial charge in [-0.3, -0.25) is 0 Å². The monoisotopic (exact) mass is 268 g/mol. The molecule has 0 aromatic carbocycles. The summed E-state index contributed by atoms with van der Waals surface area (Å²) in [6.45, 7) is 15.9. The number of ether oxygens (including phenoxy) is 2. The van der Waals surface area contributed by atoms with E-state index in [-0.39, 0.29) is 18.6 Å². The molecule has 0 N–H and O–H groups in total. The van der Waals surface area contributed by atoms with E-state index in [0.29, 0.717) is 5.88 Å². The van der Waals surface area contributed by atoms with Crippen LogP contribution in [0.3, 0.4) is 0 Å². The Balaban J connectivity index is -0.000000224. The van der Waals surface area contributed by atoms with Gasteiger partial charge >= 0.3 is 0 Å². The molecule has 0 heterocycles. The molecule has 0 aliphatic heterocycles. The van der Waals surface area contributed by atoms with E-state index in [0.717, 1.165) is 19.6 Å². The fraction of sp³-hybridized carbons (Fsp3) is 1.00. The maximum Gasteiger partial charge on any atom is 0.0598 e. The number of rotatable bonds is 4. The first kappa shape index (κ1) is 22.4. The Bertz CT molecular complexity index is 145. The minimum atomic E-state index is -0.00788. The summed E-state index contributed by atoms with van der Waals surface area (Å²) in [6, 6.07) is 0. The van der Waals surface area contributed by atoms with Crippen LogP contribution in [0.25, 0.3) is 0 Å². The molecule has 17 heavy (non-hydrogen) atoms. The molecule has 0 unspecified atom stereocenters.